The minimum absolute atomic E-state index is 0.514. The molecule has 0 aromatic heterocycles. The van der Waals surface area contributed by atoms with Gasteiger partial charge in [0.15, 0.2) is 0 Å². The zero-order valence-electron chi connectivity index (χ0n) is 9.87. The molecule has 1 unspecified atom stereocenters. The summed E-state index contributed by atoms with van der Waals surface area (Å²) >= 11 is 0. The smallest absolute Gasteiger partial charge is 0.0595 e. The number of methoxy groups -OCH3 is 1. The molecule has 1 N–H and O–H groups in total. The molecule has 0 aliphatic carbocycles. The van der Waals surface area contributed by atoms with E-state index >= 15 is 0 Å². The summed E-state index contributed by atoms with van der Waals surface area (Å²) < 4.78 is 5.41. The molecule has 88 valence electrons. The quantitative estimate of drug-likeness (QED) is 0.745. The lowest BCUT2D eigenvalue weighted by atomic mass is 10.0. The molecule has 15 heavy (non-hydrogen) atoms. The monoisotopic (exact) mass is 212 g/mol. The lowest BCUT2D eigenvalue weighted by Gasteiger charge is -2.36. The molecule has 0 aromatic rings. The number of piperidine rings is 1. The van der Waals surface area contributed by atoms with Crippen molar-refractivity contribution in [1.82, 2.24) is 10.2 Å². The molecule has 0 spiro atoms. The van der Waals surface area contributed by atoms with E-state index in [1.54, 1.807) is 0 Å². The SMILES string of the molecule is COC1CCN(C2CCCCNC2)CC1. The highest BCUT2D eigenvalue weighted by atomic mass is 16.5. The summed E-state index contributed by atoms with van der Waals surface area (Å²) in [6, 6.07) is 0.783. The summed E-state index contributed by atoms with van der Waals surface area (Å²) in [5, 5.41) is 3.55. The molecule has 2 fully saturated rings. The van der Waals surface area contributed by atoms with Crippen molar-refractivity contribution in [3.8, 4) is 0 Å². The van der Waals surface area contributed by atoms with E-state index in [0.29, 0.717) is 6.10 Å². The Bertz CT molecular complexity index is 170. The first-order chi connectivity index (χ1) is 7.40. The van der Waals surface area contributed by atoms with Crippen LogP contribution in [-0.2, 0) is 4.74 Å². The van der Waals surface area contributed by atoms with E-state index in [1.165, 1.54) is 58.3 Å². The molecule has 2 aliphatic rings. The molecule has 0 saturated carbocycles. The maximum Gasteiger partial charge on any atom is 0.0595 e. The number of nitrogens with zero attached hydrogens (tertiary/aromatic N) is 1. The first-order valence-electron chi connectivity index (χ1n) is 6.37. The van der Waals surface area contributed by atoms with Crippen LogP contribution in [0.5, 0.6) is 0 Å². The molecule has 0 radical (unpaired) electrons. The van der Waals surface area contributed by atoms with Crippen LogP contribution in [0.3, 0.4) is 0 Å². The van der Waals surface area contributed by atoms with Crippen LogP contribution in [0.15, 0.2) is 0 Å². The maximum absolute atomic E-state index is 5.41. The lowest BCUT2D eigenvalue weighted by Crippen LogP contribution is -2.46. The average Bonchev–Trinajstić information content (AvgIpc) is 2.58. The number of nitrogens with one attached hydrogen (secondary N) is 1. The molecule has 3 nitrogen and oxygen atoms in total. The van der Waals surface area contributed by atoms with E-state index in [-0.39, 0.29) is 0 Å². The van der Waals surface area contributed by atoms with E-state index < -0.39 is 0 Å². The minimum atomic E-state index is 0.514. The summed E-state index contributed by atoms with van der Waals surface area (Å²) in [4.78, 5) is 2.66. The van der Waals surface area contributed by atoms with Crippen molar-refractivity contribution in [2.24, 2.45) is 0 Å². The van der Waals surface area contributed by atoms with Crippen LogP contribution >= 0.6 is 0 Å². The Morgan fingerprint density at radius 3 is 2.67 bits per heavy atom. The van der Waals surface area contributed by atoms with E-state index in [2.05, 4.69) is 10.2 Å². The summed E-state index contributed by atoms with van der Waals surface area (Å²) in [6.07, 6.45) is 7.07. The molecule has 2 saturated heterocycles. The van der Waals surface area contributed by atoms with Crippen molar-refractivity contribution < 1.29 is 4.74 Å². The highest BCUT2D eigenvalue weighted by Crippen LogP contribution is 2.18. The van der Waals surface area contributed by atoms with Gasteiger partial charge < -0.3 is 10.1 Å². The Balaban J connectivity index is 1.78. The van der Waals surface area contributed by atoms with Gasteiger partial charge in [0.25, 0.3) is 0 Å². The van der Waals surface area contributed by atoms with E-state index in [9.17, 15) is 0 Å². The highest BCUT2D eigenvalue weighted by Gasteiger charge is 2.25. The molecule has 2 aliphatic heterocycles. The van der Waals surface area contributed by atoms with Crippen molar-refractivity contribution >= 4 is 0 Å². The molecule has 3 heteroatoms. The second-order valence-corrected chi connectivity index (χ2v) is 4.82. The fraction of sp³-hybridized carbons (Fsp3) is 1.00. The van der Waals surface area contributed by atoms with Crippen molar-refractivity contribution in [3.63, 3.8) is 0 Å². The van der Waals surface area contributed by atoms with Gasteiger partial charge in [0.05, 0.1) is 6.10 Å². The maximum atomic E-state index is 5.41. The fourth-order valence-electron chi connectivity index (χ4n) is 2.79. The third kappa shape index (κ3) is 3.16. The molecule has 2 heterocycles. The van der Waals surface area contributed by atoms with Gasteiger partial charge in [-0.15, -0.1) is 0 Å². The van der Waals surface area contributed by atoms with Gasteiger partial charge in [-0.1, -0.05) is 6.42 Å². The molecule has 0 bridgehead atoms. The van der Waals surface area contributed by atoms with Gasteiger partial charge in [-0.25, -0.2) is 0 Å². The summed E-state index contributed by atoms with van der Waals surface area (Å²) in [5.74, 6) is 0. The van der Waals surface area contributed by atoms with Crippen LogP contribution in [0, 0.1) is 0 Å². The van der Waals surface area contributed by atoms with Crippen molar-refractivity contribution in [1.29, 1.82) is 0 Å². The van der Waals surface area contributed by atoms with Gasteiger partial charge in [0, 0.05) is 32.8 Å². The Kier molecular flexibility index (Phi) is 4.42. The first kappa shape index (κ1) is 11.4. The number of hydrogen-bond donors (Lipinski definition) is 1. The molecular formula is C12H24N2O. The van der Waals surface area contributed by atoms with Crippen LogP contribution < -0.4 is 5.32 Å². The predicted molar refractivity (Wildman–Crippen MR) is 62.1 cm³/mol. The molecule has 0 amide bonds. The second-order valence-electron chi connectivity index (χ2n) is 4.82. The lowest BCUT2D eigenvalue weighted by molar-refractivity contribution is 0.0265. The average molecular weight is 212 g/mol. The van der Waals surface area contributed by atoms with Crippen LogP contribution in [0.2, 0.25) is 0 Å². The highest BCUT2D eigenvalue weighted by molar-refractivity contribution is 4.81. The van der Waals surface area contributed by atoms with E-state index in [4.69, 9.17) is 4.74 Å². The number of likely N-dealkylation sites (tertiary alicyclic amines) is 1. The first-order valence-corrected chi connectivity index (χ1v) is 6.37. The van der Waals surface area contributed by atoms with Gasteiger partial charge in [-0.05, 0) is 32.2 Å². The summed E-state index contributed by atoms with van der Waals surface area (Å²) in [7, 11) is 1.84. The van der Waals surface area contributed by atoms with Gasteiger partial charge in [0.2, 0.25) is 0 Å². The van der Waals surface area contributed by atoms with Crippen LogP contribution in [0.25, 0.3) is 0 Å². The molecule has 2 rings (SSSR count). The standard InChI is InChI=1S/C12H24N2O/c1-15-12-5-8-14(9-6-12)11-4-2-3-7-13-10-11/h11-13H,2-10H2,1H3. The topological polar surface area (TPSA) is 24.5 Å². The van der Waals surface area contributed by atoms with Gasteiger partial charge >= 0.3 is 0 Å². The summed E-state index contributed by atoms with van der Waals surface area (Å²) in [6.45, 7) is 4.86. The number of rotatable bonds is 2. The molecule has 1 atom stereocenters. The van der Waals surface area contributed by atoms with Crippen LogP contribution in [-0.4, -0.2) is 50.3 Å². The van der Waals surface area contributed by atoms with E-state index in [1.807, 2.05) is 7.11 Å². The van der Waals surface area contributed by atoms with Crippen molar-refractivity contribution in [2.75, 3.05) is 33.3 Å². The van der Waals surface area contributed by atoms with Crippen molar-refractivity contribution in [2.45, 2.75) is 44.2 Å². The number of hydrogen-bond acceptors (Lipinski definition) is 3. The van der Waals surface area contributed by atoms with E-state index in [0.717, 1.165) is 6.04 Å². The molecule has 0 aromatic carbocycles. The van der Waals surface area contributed by atoms with Crippen LogP contribution in [0.1, 0.15) is 32.1 Å². The number of ether oxygens (including phenoxy) is 1. The summed E-state index contributed by atoms with van der Waals surface area (Å²) in [5.41, 5.74) is 0. The third-order valence-corrected chi connectivity index (χ3v) is 3.85. The van der Waals surface area contributed by atoms with Crippen molar-refractivity contribution in [3.05, 3.63) is 0 Å². The largest absolute Gasteiger partial charge is 0.381 e. The van der Waals surface area contributed by atoms with Gasteiger partial charge in [0.1, 0.15) is 0 Å². The van der Waals surface area contributed by atoms with Gasteiger partial charge in [-0.3, -0.25) is 4.90 Å². The Hall–Kier alpha value is -0.120. The minimum Gasteiger partial charge on any atom is -0.381 e. The zero-order valence-corrected chi connectivity index (χ0v) is 9.87. The Labute approximate surface area is 93.2 Å². The normalized spacial score (nSPS) is 31.4. The van der Waals surface area contributed by atoms with Crippen LogP contribution in [0.4, 0.5) is 0 Å². The Morgan fingerprint density at radius 1 is 1.13 bits per heavy atom. The molecular weight excluding hydrogens is 188 g/mol. The predicted octanol–water partition coefficient (Wildman–Crippen LogP) is 1.24. The zero-order chi connectivity index (χ0) is 10.5. The second kappa shape index (κ2) is 5.83. The third-order valence-electron chi connectivity index (χ3n) is 3.85. The van der Waals surface area contributed by atoms with Gasteiger partial charge in [-0.2, -0.15) is 0 Å². The Morgan fingerprint density at radius 2 is 1.93 bits per heavy atom. The fourth-order valence-corrected chi connectivity index (χ4v) is 2.79.